The Balaban J connectivity index is 2.11. The van der Waals surface area contributed by atoms with Crippen LogP contribution in [-0.4, -0.2) is 32.5 Å². The summed E-state index contributed by atoms with van der Waals surface area (Å²) in [5.41, 5.74) is -3.12. The van der Waals surface area contributed by atoms with Crippen molar-refractivity contribution < 1.29 is 35.9 Å². The summed E-state index contributed by atoms with van der Waals surface area (Å²) in [5.74, 6) is -5.70. The minimum Gasteiger partial charge on any atom is -0.480 e. The third-order valence-corrected chi connectivity index (χ3v) is 4.31. The van der Waals surface area contributed by atoms with Gasteiger partial charge in [-0.2, -0.15) is 23.0 Å². The van der Waals surface area contributed by atoms with Crippen molar-refractivity contribution in [2.45, 2.75) is 19.2 Å². The van der Waals surface area contributed by atoms with Crippen molar-refractivity contribution in [3.63, 3.8) is 0 Å². The number of para-hydroxylation sites is 1. The van der Waals surface area contributed by atoms with Crippen LogP contribution in [0.5, 0.6) is 5.75 Å². The minimum absolute atomic E-state index is 0.475. The number of carbonyl (C=O) groups excluding carboxylic acids is 1. The van der Waals surface area contributed by atoms with E-state index >= 15 is 0 Å². The molecule has 3 rings (SSSR count). The van der Waals surface area contributed by atoms with Crippen LogP contribution in [0.2, 0.25) is 0 Å². The van der Waals surface area contributed by atoms with Crippen molar-refractivity contribution in [3.8, 4) is 11.4 Å². The van der Waals surface area contributed by atoms with Gasteiger partial charge in [-0.15, -0.1) is 0 Å². The molecular formula is C19H14F6N4O3. The molecule has 1 atom stereocenters. The summed E-state index contributed by atoms with van der Waals surface area (Å²) in [5, 5.41) is 5.47. The van der Waals surface area contributed by atoms with E-state index in [0.29, 0.717) is 23.7 Å². The number of ether oxygens (including phenoxy) is 1. The number of anilines is 1. The van der Waals surface area contributed by atoms with Crippen LogP contribution in [0.3, 0.4) is 0 Å². The highest BCUT2D eigenvalue weighted by atomic mass is 19.4. The number of aromatic nitrogens is 3. The minimum atomic E-state index is -4.86. The number of carbonyl (C=O) groups is 1. The van der Waals surface area contributed by atoms with E-state index in [1.165, 1.54) is 7.05 Å². The second-order valence-corrected chi connectivity index (χ2v) is 6.59. The zero-order chi connectivity index (χ0) is 23.8. The molecule has 0 saturated heterocycles. The predicted molar refractivity (Wildman–Crippen MR) is 99.2 cm³/mol. The molecule has 1 heterocycles. The third-order valence-electron chi connectivity index (χ3n) is 4.31. The van der Waals surface area contributed by atoms with Gasteiger partial charge in [0.2, 0.25) is 0 Å². The number of hydrogen-bond acceptors (Lipinski definition) is 4. The van der Waals surface area contributed by atoms with Gasteiger partial charge in [0.1, 0.15) is 40.9 Å². The largest absolute Gasteiger partial charge is 0.480 e. The quantitative estimate of drug-likeness (QED) is 0.591. The smallest absolute Gasteiger partial charge is 0.425 e. The fourth-order valence-corrected chi connectivity index (χ4v) is 2.58. The molecule has 0 fully saturated rings. The number of rotatable bonds is 5. The Morgan fingerprint density at radius 3 is 2.28 bits per heavy atom. The van der Waals surface area contributed by atoms with Gasteiger partial charge in [0.05, 0.1) is 5.56 Å². The van der Waals surface area contributed by atoms with E-state index in [1.807, 2.05) is 5.32 Å². The molecule has 0 radical (unpaired) electrons. The molecule has 32 heavy (non-hydrogen) atoms. The van der Waals surface area contributed by atoms with E-state index in [1.54, 1.807) is 0 Å². The van der Waals surface area contributed by atoms with Crippen molar-refractivity contribution in [1.82, 2.24) is 14.3 Å². The lowest BCUT2D eigenvalue weighted by Gasteiger charge is -2.20. The second kappa shape index (κ2) is 8.40. The first-order valence-corrected chi connectivity index (χ1v) is 8.83. The molecule has 2 aromatic carbocycles. The molecule has 7 nitrogen and oxygen atoms in total. The van der Waals surface area contributed by atoms with Crippen molar-refractivity contribution in [2.75, 3.05) is 5.32 Å². The van der Waals surface area contributed by atoms with E-state index in [-0.39, 0.29) is 0 Å². The molecule has 0 spiro atoms. The molecule has 1 amide bonds. The molecule has 0 unspecified atom stereocenters. The Bertz CT molecular complexity index is 1210. The van der Waals surface area contributed by atoms with Crippen LogP contribution < -0.4 is 15.7 Å². The van der Waals surface area contributed by atoms with E-state index in [0.717, 1.165) is 29.1 Å². The normalized spacial score (nSPS) is 12.5. The number of nitrogens with one attached hydrogen (secondary N) is 1. The first kappa shape index (κ1) is 22.9. The van der Waals surface area contributed by atoms with Crippen LogP contribution >= 0.6 is 0 Å². The maximum atomic E-state index is 14.7. The fourth-order valence-electron chi connectivity index (χ4n) is 2.58. The van der Waals surface area contributed by atoms with Crippen LogP contribution in [0.15, 0.2) is 41.5 Å². The van der Waals surface area contributed by atoms with Gasteiger partial charge < -0.3 is 10.1 Å². The number of nitrogens with zero attached hydrogens (tertiary/aromatic N) is 3. The molecule has 0 aliphatic rings. The van der Waals surface area contributed by atoms with Crippen molar-refractivity contribution in [1.29, 1.82) is 0 Å². The first-order valence-electron chi connectivity index (χ1n) is 8.83. The molecule has 1 N–H and O–H groups in total. The maximum absolute atomic E-state index is 14.7. The zero-order valence-electron chi connectivity index (χ0n) is 16.4. The number of amides is 1. The third kappa shape index (κ3) is 4.45. The van der Waals surface area contributed by atoms with Gasteiger partial charge in [0, 0.05) is 13.1 Å². The van der Waals surface area contributed by atoms with Crippen molar-refractivity contribution >= 4 is 11.6 Å². The van der Waals surface area contributed by atoms with Gasteiger partial charge in [0.25, 0.3) is 5.91 Å². The van der Waals surface area contributed by atoms with Gasteiger partial charge in [-0.25, -0.2) is 18.0 Å². The number of benzene rings is 2. The summed E-state index contributed by atoms with van der Waals surface area (Å²) in [7, 11) is 1.30. The van der Waals surface area contributed by atoms with E-state index < -0.39 is 64.0 Å². The fraction of sp³-hybridized carbons (Fsp3) is 0.211. The van der Waals surface area contributed by atoms with Crippen LogP contribution in [0.4, 0.5) is 32.0 Å². The molecule has 0 saturated carbocycles. The Morgan fingerprint density at radius 1 is 1.12 bits per heavy atom. The number of halogens is 6. The summed E-state index contributed by atoms with van der Waals surface area (Å²) in [6.45, 7) is 0.633. The van der Waals surface area contributed by atoms with Gasteiger partial charge >= 0.3 is 11.9 Å². The van der Waals surface area contributed by atoms with E-state index in [9.17, 15) is 35.9 Å². The summed E-state index contributed by atoms with van der Waals surface area (Å²) in [4.78, 5) is 24.6. The van der Waals surface area contributed by atoms with Gasteiger partial charge in [-0.1, -0.05) is 6.07 Å². The summed E-state index contributed by atoms with van der Waals surface area (Å²) in [6, 6.07) is 3.83. The molecule has 13 heteroatoms. The molecular weight excluding hydrogens is 446 g/mol. The Kier molecular flexibility index (Phi) is 6.01. The summed E-state index contributed by atoms with van der Waals surface area (Å²) in [6.07, 6.45) is -6.28. The number of alkyl halides is 3. The van der Waals surface area contributed by atoms with Crippen molar-refractivity contribution in [2.24, 2.45) is 7.05 Å². The van der Waals surface area contributed by atoms with E-state index in [4.69, 9.17) is 4.74 Å². The maximum Gasteiger partial charge on any atom is 0.425 e. The standard InChI is InChI=1S/C19H14F6N4O3/c1-9(19(23,24)25)32-15-7-14(29-18(31)28(2)8-26-29)13(22)6-10(15)17(30)27-16-11(20)4-3-5-12(16)21/h3-9H,1-2H3,(H,27,30)/t9-/m0/s1. The second-order valence-electron chi connectivity index (χ2n) is 6.59. The molecule has 0 aliphatic carbocycles. The average molecular weight is 460 g/mol. The lowest BCUT2D eigenvalue weighted by Crippen LogP contribution is -2.32. The number of aryl methyl sites for hydroxylation is 1. The van der Waals surface area contributed by atoms with Crippen LogP contribution in [-0.2, 0) is 7.05 Å². The van der Waals surface area contributed by atoms with Gasteiger partial charge in [-0.3, -0.25) is 9.36 Å². The lowest BCUT2D eigenvalue weighted by atomic mass is 10.1. The van der Waals surface area contributed by atoms with Gasteiger partial charge in [0.15, 0.2) is 6.10 Å². The first-order chi connectivity index (χ1) is 14.9. The molecule has 0 aliphatic heterocycles. The SMILES string of the molecule is C[C@H](Oc1cc(-n2ncn(C)c2=O)c(F)cc1C(=O)Nc1c(F)cccc1F)C(F)(F)F. The Labute approximate surface area is 175 Å². The Morgan fingerprint density at radius 2 is 1.75 bits per heavy atom. The predicted octanol–water partition coefficient (Wildman–Crippen LogP) is 3.57. The Hall–Kier alpha value is -3.77. The average Bonchev–Trinajstić information content (AvgIpc) is 3.03. The summed E-state index contributed by atoms with van der Waals surface area (Å²) < 4.78 is 87.8. The monoisotopic (exact) mass is 460 g/mol. The summed E-state index contributed by atoms with van der Waals surface area (Å²) >= 11 is 0. The molecule has 170 valence electrons. The van der Waals surface area contributed by atoms with E-state index in [2.05, 4.69) is 5.10 Å². The molecule has 3 aromatic rings. The van der Waals surface area contributed by atoms with Crippen LogP contribution in [0.1, 0.15) is 17.3 Å². The number of hydrogen-bond donors (Lipinski definition) is 1. The molecule has 0 bridgehead atoms. The van der Waals surface area contributed by atoms with Crippen molar-refractivity contribution in [3.05, 3.63) is 70.2 Å². The molecule has 1 aromatic heterocycles. The highest BCUT2D eigenvalue weighted by Crippen LogP contribution is 2.31. The van der Waals surface area contributed by atoms with Gasteiger partial charge in [-0.05, 0) is 25.1 Å². The topological polar surface area (TPSA) is 78.2 Å². The van der Waals surface area contributed by atoms with Crippen LogP contribution in [0.25, 0.3) is 5.69 Å². The highest BCUT2D eigenvalue weighted by molar-refractivity contribution is 6.06. The van der Waals surface area contributed by atoms with Crippen LogP contribution in [0, 0.1) is 17.5 Å². The zero-order valence-corrected chi connectivity index (χ0v) is 16.4. The lowest BCUT2D eigenvalue weighted by molar-refractivity contribution is -0.189. The highest BCUT2D eigenvalue weighted by Gasteiger charge is 2.39.